The molecule has 2 rings (SSSR count). The van der Waals surface area contributed by atoms with Crippen LogP contribution in [0.15, 0.2) is 47.6 Å². The van der Waals surface area contributed by atoms with Gasteiger partial charge in [0.1, 0.15) is 17.3 Å². The summed E-state index contributed by atoms with van der Waals surface area (Å²) in [6.07, 6.45) is 0.0586. The third-order valence-corrected chi connectivity index (χ3v) is 3.00. The topological polar surface area (TPSA) is 81.9 Å². The number of aromatic hydroxyl groups is 2. The van der Waals surface area contributed by atoms with Crippen molar-refractivity contribution in [1.29, 1.82) is 0 Å². The van der Waals surface area contributed by atoms with Crippen LogP contribution >= 0.6 is 0 Å². The third-order valence-electron chi connectivity index (χ3n) is 3.00. The Morgan fingerprint density at radius 3 is 2.55 bits per heavy atom. The molecule has 0 unspecified atom stereocenters. The van der Waals surface area contributed by atoms with Crippen LogP contribution < -0.4 is 5.43 Å². The lowest BCUT2D eigenvalue weighted by atomic mass is 10.1. The second kappa shape index (κ2) is 6.71. The predicted octanol–water partition coefficient (Wildman–Crippen LogP) is 2.32. The van der Waals surface area contributed by atoms with Crippen molar-refractivity contribution in [3.05, 3.63) is 59.4 Å². The summed E-state index contributed by atoms with van der Waals surface area (Å²) in [5.74, 6) is -0.796. The molecule has 22 heavy (non-hydrogen) atoms. The number of hydrazone groups is 1. The summed E-state index contributed by atoms with van der Waals surface area (Å²) in [6, 6.07) is 9.63. The number of amides is 1. The maximum Gasteiger partial charge on any atom is 0.244 e. The van der Waals surface area contributed by atoms with Gasteiger partial charge in [-0.25, -0.2) is 9.82 Å². The summed E-state index contributed by atoms with van der Waals surface area (Å²) in [5.41, 5.74) is 3.68. The minimum Gasteiger partial charge on any atom is -0.508 e. The van der Waals surface area contributed by atoms with E-state index in [-0.39, 0.29) is 29.6 Å². The molecule has 3 N–H and O–H groups in total. The number of benzene rings is 2. The molecule has 0 aliphatic carbocycles. The first-order valence-electron chi connectivity index (χ1n) is 6.55. The first-order valence-corrected chi connectivity index (χ1v) is 6.55. The molecule has 0 saturated carbocycles. The van der Waals surface area contributed by atoms with Crippen molar-refractivity contribution in [2.24, 2.45) is 5.10 Å². The van der Waals surface area contributed by atoms with Crippen LogP contribution in [0.2, 0.25) is 0 Å². The normalized spacial score (nSPS) is 11.3. The van der Waals surface area contributed by atoms with Crippen molar-refractivity contribution in [2.75, 3.05) is 0 Å². The fraction of sp³-hybridized carbons (Fsp3) is 0.125. The highest BCUT2D eigenvalue weighted by atomic mass is 19.1. The lowest BCUT2D eigenvalue weighted by molar-refractivity contribution is -0.120. The molecule has 5 nitrogen and oxygen atoms in total. The van der Waals surface area contributed by atoms with Crippen molar-refractivity contribution >= 4 is 11.6 Å². The molecule has 0 saturated heterocycles. The molecule has 1 amide bonds. The van der Waals surface area contributed by atoms with Crippen molar-refractivity contribution in [3.8, 4) is 11.5 Å². The number of phenols is 2. The molecule has 6 heteroatoms. The number of phenolic OH excluding ortho intramolecular Hbond substituents is 2. The van der Waals surface area contributed by atoms with Crippen LogP contribution in [0.5, 0.6) is 11.5 Å². The van der Waals surface area contributed by atoms with Crippen molar-refractivity contribution in [1.82, 2.24) is 5.43 Å². The van der Waals surface area contributed by atoms with Gasteiger partial charge >= 0.3 is 0 Å². The summed E-state index contributed by atoms with van der Waals surface area (Å²) in [7, 11) is 0. The van der Waals surface area contributed by atoms with Crippen molar-refractivity contribution < 1.29 is 19.4 Å². The van der Waals surface area contributed by atoms with Crippen LogP contribution in [0.4, 0.5) is 4.39 Å². The SMILES string of the molecule is C/C(=N\NC(=O)Cc1ccc(F)cc1)c1cc(O)ccc1O. The molecule has 0 aliphatic heterocycles. The molecule has 0 aromatic heterocycles. The minimum absolute atomic E-state index is 0.0139. The van der Waals surface area contributed by atoms with Crippen LogP contribution in [-0.4, -0.2) is 21.8 Å². The monoisotopic (exact) mass is 302 g/mol. The Bertz CT molecular complexity index is 712. The summed E-state index contributed by atoms with van der Waals surface area (Å²) < 4.78 is 12.8. The zero-order valence-corrected chi connectivity index (χ0v) is 11.9. The highest BCUT2D eigenvalue weighted by Crippen LogP contribution is 2.22. The number of nitrogens with one attached hydrogen (secondary N) is 1. The van der Waals surface area contributed by atoms with Gasteiger partial charge in [-0.15, -0.1) is 0 Å². The summed E-state index contributed by atoms with van der Waals surface area (Å²) >= 11 is 0. The molecule has 0 aliphatic rings. The maximum atomic E-state index is 12.8. The lowest BCUT2D eigenvalue weighted by Crippen LogP contribution is -2.21. The average Bonchev–Trinajstić information content (AvgIpc) is 2.49. The van der Waals surface area contributed by atoms with Crippen LogP contribution in [-0.2, 0) is 11.2 Å². The van der Waals surface area contributed by atoms with E-state index < -0.39 is 0 Å². The van der Waals surface area contributed by atoms with Crippen LogP contribution in [0.1, 0.15) is 18.1 Å². The fourth-order valence-electron chi connectivity index (χ4n) is 1.85. The lowest BCUT2D eigenvalue weighted by Gasteiger charge is -2.06. The minimum atomic E-state index is -0.370. The summed E-state index contributed by atoms with van der Waals surface area (Å²) in [4.78, 5) is 11.8. The highest BCUT2D eigenvalue weighted by Gasteiger charge is 2.07. The van der Waals surface area contributed by atoms with E-state index in [1.807, 2.05) is 0 Å². The molecule has 0 bridgehead atoms. The molecule has 0 atom stereocenters. The Labute approximate surface area is 126 Å². The number of carbonyl (C=O) groups excluding carboxylic acids is 1. The number of halogens is 1. The van der Waals surface area contributed by atoms with Gasteiger partial charge in [0.2, 0.25) is 5.91 Å². The van der Waals surface area contributed by atoms with Gasteiger partial charge in [0.05, 0.1) is 12.1 Å². The van der Waals surface area contributed by atoms with E-state index >= 15 is 0 Å². The molecule has 0 radical (unpaired) electrons. The van der Waals surface area contributed by atoms with Crippen LogP contribution in [0, 0.1) is 5.82 Å². The van der Waals surface area contributed by atoms with E-state index in [1.54, 1.807) is 6.92 Å². The highest BCUT2D eigenvalue weighted by molar-refractivity contribution is 6.01. The van der Waals surface area contributed by atoms with E-state index in [2.05, 4.69) is 10.5 Å². The first-order chi connectivity index (χ1) is 10.5. The molecule has 0 spiro atoms. The second-order valence-electron chi connectivity index (χ2n) is 4.74. The van der Waals surface area contributed by atoms with Gasteiger partial charge in [0.15, 0.2) is 0 Å². The van der Waals surface area contributed by atoms with E-state index in [0.717, 1.165) is 0 Å². The van der Waals surface area contributed by atoms with Gasteiger partial charge in [0, 0.05) is 5.56 Å². The van der Waals surface area contributed by atoms with Crippen molar-refractivity contribution in [3.63, 3.8) is 0 Å². The molecule has 2 aromatic rings. The molecule has 2 aromatic carbocycles. The predicted molar refractivity (Wildman–Crippen MR) is 80.2 cm³/mol. The number of carbonyl (C=O) groups is 1. The maximum absolute atomic E-state index is 12.8. The standard InChI is InChI=1S/C16H15FN2O3/c1-10(14-9-13(20)6-7-15(14)21)18-19-16(22)8-11-2-4-12(17)5-3-11/h2-7,9,20-21H,8H2,1H3,(H,19,22)/b18-10+. The summed E-state index contributed by atoms with van der Waals surface area (Å²) in [5, 5.41) is 23.0. The van der Waals surface area contributed by atoms with Gasteiger partial charge in [-0.05, 0) is 42.8 Å². The zero-order valence-electron chi connectivity index (χ0n) is 11.9. The van der Waals surface area contributed by atoms with Gasteiger partial charge in [-0.1, -0.05) is 12.1 Å². The second-order valence-corrected chi connectivity index (χ2v) is 4.74. The summed E-state index contributed by atoms with van der Waals surface area (Å²) in [6.45, 7) is 1.59. The Morgan fingerprint density at radius 2 is 1.86 bits per heavy atom. The smallest absolute Gasteiger partial charge is 0.244 e. The third kappa shape index (κ3) is 4.05. The molecular formula is C16H15FN2O3. The Kier molecular flexibility index (Phi) is 4.73. The quantitative estimate of drug-likeness (QED) is 0.460. The van der Waals surface area contributed by atoms with Crippen LogP contribution in [0.25, 0.3) is 0 Å². The molecule has 0 heterocycles. The fourth-order valence-corrected chi connectivity index (χ4v) is 1.85. The molecular weight excluding hydrogens is 287 g/mol. The Morgan fingerprint density at radius 1 is 1.18 bits per heavy atom. The number of hydrogen-bond donors (Lipinski definition) is 3. The largest absolute Gasteiger partial charge is 0.508 e. The average molecular weight is 302 g/mol. The number of rotatable bonds is 4. The van der Waals surface area contributed by atoms with E-state index in [1.165, 1.54) is 42.5 Å². The Balaban J connectivity index is 2.02. The van der Waals surface area contributed by atoms with Crippen LogP contribution in [0.3, 0.4) is 0 Å². The zero-order chi connectivity index (χ0) is 16.1. The van der Waals surface area contributed by atoms with E-state index in [0.29, 0.717) is 16.8 Å². The Hall–Kier alpha value is -2.89. The van der Waals surface area contributed by atoms with Gasteiger partial charge in [-0.3, -0.25) is 4.79 Å². The first kappa shape index (κ1) is 15.5. The van der Waals surface area contributed by atoms with E-state index in [4.69, 9.17) is 0 Å². The molecule has 0 fully saturated rings. The van der Waals surface area contributed by atoms with Crippen molar-refractivity contribution in [2.45, 2.75) is 13.3 Å². The van der Waals surface area contributed by atoms with Gasteiger partial charge in [-0.2, -0.15) is 5.10 Å². The number of hydrogen-bond acceptors (Lipinski definition) is 4. The molecule has 114 valence electrons. The van der Waals surface area contributed by atoms with E-state index in [9.17, 15) is 19.4 Å². The van der Waals surface area contributed by atoms with Gasteiger partial charge < -0.3 is 10.2 Å². The number of nitrogens with zero attached hydrogens (tertiary/aromatic N) is 1. The van der Waals surface area contributed by atoms with Gasteiger partial charge in [0.25, 0.3) is 0 Å².